The molecule has 0 aliphatic carbocycles. The van der Waals surface area contributed by atoms with E-state index in [1.807, 2.05) is 54.3 Å². The zero-order valence-corrected chi connectivity index (χ0v) is 17.7. The molecule has 0 atom stereocenters. The van der Waals surface area contributed by atoms with Crippen molar-refractivity contribution >= 4 is 11.9 Å². The van der Waals surface area contributed by atoms with Gasteiger partial charge in [0, 0.05) is 44.9 Å². The number of nitrogens with zero attached hydrogens (tertiary/aromatic N) is 2. The van der Waals surface area contributed by atoms with Crippen LogP contribution < -0.4 is 10.6 Å². The maximum absolute atomic E-state index is 12.6. The number of rotatable bonds is 7. The standard InChI is InChI=1S/C23H30N4O3/c1-17-8-9-20(22(28)24-12-15-30-2)21(26-17)19-10-13-27(14-11-19)23(29)25-16-18-6-4-3-5-7-18/h3-9,19H,10-16H2,1-2H3,(H,24,28)(H,25,29). The molecule has 1 saturated heterocycles. The van der Waals surface area contributed by atoms with Crippen LogP contribution in [0.15, 0.2) is 42.5 Å². The fraction of sp³-hybridized carbons (Fsp3) is 0.435. The Kier molecular flexibility index (Phi) is 7.79. The average Bonchev–Trinajstić information content (AvgIpc) is 2.78. The Bertz CT molecular complexity index is 849. The Morgan fingerprint density at radius 1 is 1.10 bits per heavy atom. The second-order valence-electron chi connectivity index (χ2n) is 7.54. The molecule has 30 heavy (non-hydrogen) atoms. The molecule has 2 N–H and O–H groups in total. The molecule has 1 aromatic carbocycles. The van der Waals surface area contributed by atoms with E-state index in [0.717, 1.165) is 29.8 Å². The van der Waals surface area contributed by atoms with Gasteiger partial charge >= 0.3 is 6.03 Å². The van der Waals surface area contributed by atoms with Crippen LogP contribution in [-0.4, -0.2) is 55.2 Å². The van der Waals surface area contributed by atoms with E-state index in [0.29, 0.717) is 38.3 Å². The van der Waals surface area contributed by atoms with E-state index in [2.05, 4.69) is 15.6 Å². The van der Waals surface area contributed by atoms with Crippen molar-refractivity contribution in [1.29, 1.82) is 0 Å². The van der Waals surface area contributed by atoms with E-state index in [9.17, 15) is 9.59 Å². The van der Waals surface area contributed by atoms with Gasteiger partial charge in [-0.15, -0.1) is 0 Å². The number of aryl methyl sites for hydroxylation is 1. The van der Waals surface area contributed by atoms with Gasteiger partial charge in [0.15, 0.2) is 0 Å². The molecule has 1 fully saturated rings. The Morgan fingerprint density at radius 2 is 1.83 bits per heavy atom. The number of nitrogens with one attached hydrogen (secondary N) is 2. The van der Waals surface area contributed by atoms with Crippen LogP contribution in [0.4, 0.5) is 4.79 Å². The van der Waals surface area contributed by atoms with Crippen LogP contribution in [0.3, 0.4) is 0 Å². The lowest BCUT2D eigenvalue weighted by molar-refractivity contribution is 0.0934. The van der Waals surface area contributed by atoms with E-state index in [1.54, 1.807) is 7.11 Å². The summed E-state index contributed by atoms with van der Waals surface area (Å²) in [6.45, 7) is 4.67. The third-order valence-corrected chi connectivity index (χ3v) is 5.36. The number of hydrogen-bond acceptors (Lipinski definition) is 4. The van der Waals surface area contributed by atoms with Gasteiger partial charge in [0.2, 0.25) is 0 Å². The number of carbonyl (C=O) groups excluding carboxylic acids is 2. The Hall–Kier alpha value is -2.93. The van der Waals surface area contributed by atoms with Gasteiger partial charge in [0.05, 0.1) is 17.9 Å². The molecule has 1 aromatic heterocycles. The molecule has 2 heterocycles. The lowest BCUT2D eigenvalue weighted by atomic mass is 9.90. The summed E-state index contributed by atoms with van der Waals surface area (Å²) in [4.78, 5) is 31.6. The molecule has 0 unspecified atom stereocenters. The van der Waals surface area contributed by atoms with Gasteiger partial charge in [-0.05, 0) is 37.5 Å². The lowest BCUT2D eigenvalue weighted by Gasteiger charge is -2.32. The smallest absolute Gasteiger partial charge is 0.317 e. The summed E-state index contributed by atoms with van der Waals surface area (Å²) in [5.41, 5.74) is 3.41. The number of aromatic nitrogens is 1. The van der Waals surface area contributed by atoms with E-state index >= 15 is 0 Å². The second kappa shape index (κ2) is 10.7. The largest absolute Gasteiger partial charge is 0.383 e. The number of amides is 3. The topological polar surface area (TPSA) is 83.6 Å². The molecule has 3 rings (SSSR count). The van der Waals surface area contributed by atoms with Crippen LogP contribution in [0, 0.1) is 6.92 Å². The van der Waals surface area contributed by atoms with Gasteiger partial charge < -0.3 is 20.3 Å². The van der Waals surface area contributed by atoms with Crippen molar-refractivity contribution < 1.29 is 14.3 Å². The highest BCUT2D eigenvalue weighted by Gasteiger charge is 2.27. The van der Waals surface area contributed by atoms with Crippen LogP contribution in [0.1, 0.15) is 46.1 Å². The van der Waals surface area contributed by atoms with Crippen LogP contribution in [0.2, 0.25) is 0 Å². The first-order chi connectivity index (χ1) is 14.6. The molecule has 0 radical (unpaired) electrons. The van der Waals surface area contributed by atoms with Crippen molar-refractivity contribution in [2.45, 2.75) is 32.2 Å². The van der Waals surface area contributed by atoms with Gasteiger partial charge in [0.1, 0.15) is 0 Å². The molecule has 7 nitrogen and oxygen atoms in total. The van der Waals surface area contributed by atoms with Gasteiger partial charge in [-0.3, -0.25) is 9.78 Å². The first-order valence-corrected chi connectivity index (χ1v) is 10.4. The summed E-state index contributed by atoms with van der Waals surface area (Å²) in [5, 5.41) is 5.87. The third kappa shape index (κ3) is 5.79. The summed E-state index contributed by atoms with van der Waals surface area (Å²) < 4.78 is 5.00. The number of carbonyl (C=O) groups is 2. The fourth-order valence-electron chi connectivity index (χ4n) is 3.68. The summed E-state index contributed by atoms with van der Waals surface area (Å²) in [6, 6.07) is 13.5. The second-order valence-corrected chi connectivity index (χ2v) is 7.54. The summed E-state index contributed by atoms with van der Waals surface area (Å²) in [5.74, 6) is 0.0313. The third-order valence-electron chi connectivity index (χ3n) is 5.36. The summed E-state index contributed by atoms with van der Waals surface area (Å²) in [7, 11) is 1.61. The van der Waals surface area contributed by atoms with E-state index in [1.165, 1.54) is 0 Å². The molecule has 2 aromatic rings. The number of hydrogen-bond donors (Lipinski definition) is 2. The minimum atomic E-state index is -0.127. The van der Waals surface area contributed by atoms with Gasteiger partial charge in [-0.2, -0.15) is 0 Å². The fourth-order valence-corrected chi connectivity index (χ4v) is 3.68. The molecular formula is C23H30N4O3. The average molecular weight is 411 g/mol. The maximum atomic E-state index is 12.6. The van der Waals surface area contributed by atoms with Crippen LogP contribution in [0.5, 0.6) is 0 Å². The molecule has 3 amide bonds. The highest BCUT2D eigenvalue weighted by Crippen LogP contribution is 2.29. The minimum absolute atomic E-state index is 0.0490. The van der Waals surface area contributed by atoms with Crippen molar-refractivity contribution in [3.63, 3.8) is 0 Å². The molecule has 0 spiro atoms. The lowest BCUT2D eigenvalue weighted by Crippen LogP contribution is -2.44. The van der Waals surface area contributed by atoms with E-state index < -0.39 is 0 Å². The number of urea groups is 1. The molecule has 0 bridgehead atoms. The molecule has 160 valence electrons. The quantitative estimate of drug-likeness (QED) is 0.688. The maximum Gasteiger partial charge on any atom is 0.317 e. The number of ether oxygens (including phenoxy) is 1. The Balaban J connectivity index is 1.58. The zero-order valence-electron chi connectivity index (χ0n) is 17.7. The van der Waals surface area contributed by atoms with E-state index in [-0.39, 0.29) is 17.9 Å². The molecule has 0 saturated carbocycles. The molecular weight excluding hydrogens is 380 g/mol. The van der Waals surface area contributed by atoms with Crippen molar-refractivity contribution in [3.05, 3.63) is 65.0 Å². The normalized spacial score (nSPS) is 14.4. The van der Waals surface area contributed by atoms with Gasteiger partial charge in [0.25, 0.3) is 5.91 Å². The predicted molar refractivity (Wildman–Crippen MR) is 115 cm³/mol. The first-order valence-electron chi connectivity index (χ1n) is 10.4. The van der Waals surface area contributed by atoms with Gasteiger partial charge in [-0.1, -0.05) is 30.3 Å². The Morgan fingerprint density at radius 3 is 2.53 bits per heavy atom. The molecule has 1 aliphatic heterocycles. The number of methoxy groups -OCH3 is 1. The number of benzene rings is 1. The van der Waals surface area contributed by atoms with Crippen LogP contribution in [-0.2, 0) is 11.3 Å². The monoisotopic (exact) mass is 410 g/mol. The van der Waals surface area contributed by atoms with Crippen LogP contribution in [0.25, 0.3) is 0 Å². The van der Waals surface area contributed by atoms with Crippen molar-refractivity contribution in [3.8, 4) is 0 Å². The highest BCUT2D eigenvalue weighted by atomic mass is 16.5. The summed E-state index contributed by atoms with van der Waals surface area (Å²) >= 11 is 0. The van der Waals surface area contributed by atoms with Gasteiger partial charge in [-0.25, -0.2) is 4.79 Å². The minimum Gasteiger partial charge on any atom is -0.383 e. The van der Waals surface area contributed by atoms with E-state index in [4.69, 9.17) is 4.74 Å². The van der Waals surface area contributed by atoms with Crippen LogP contribution >= 0.6 is 0 Å². The van der Waals surface area contributed by atoms with Crippen molar-refractivity contribution in [2.75, 3.05) is 33.4 Å². The number of piperidine rings is 1. The SMILES string of the molecule is COCCNC(=O)c1ccc(C)nc1C1CCN(C(=O)NCc2ccccc2)CC1. The number of likely N-dealkylation sites (tertiary alicyclic amines) is 1. The highest BCUT2D eigenvalue weighted by molar-refractivity contribution is 5.95. The predicted octanol–water partition coefficient (Wildman–Crippen LogP) is 2.86. The molecule has 7 heteroatoms. The zero-order chi connectivity index (χ0) is 21.3. The summed E-state index contributed by atoms with van der Waals surface area (Å²) in [6.07, 6.45) is 1.57. The van der Waals surface area contributed by atoms with Crippen molar-refractivity contribution in [2.24, 2.45) is 0 Å². The Labute approximate surface area is 177 Å². The molecule has 1 aliphatic rings. The van der Waals surface area contributed by atoms with Crippen molar-refractivity contribution in [1.82, 2.24) is 20.5 Å². The first kappa shape index (κ1) is 21.8. The number of pyridine rings is 1.